The summed E-state index contributed by atoms with van der Waals surface area (Å²) in [6.45, 7) is 5.57. The van der Waals surface area contributed by atoms with Gasteiger partial charge in [0.05, 0.1) is 5.52 Å². The zero-order valence-electron chi connectivity index (χ0n) is 9.33. The Labute approximate surface area is 96.8 Å². The van der Waals surface area contributed by atoms with Crippen molar-refractivity contribution >= 4 is 17.1 Å². The van der Waals surface area contributed by atoms with Crippen LogP contribution in [0, 0.1) is 0 Å². The SMILES string of the molecule is C=C(CC)NC(=O)c1ccc2[nH]c(=O)[nH]c2n1. The summed E-state index contributed by atoms with van der Waals surface area (Å²) in [6, 6.07) is 3.17. The molecular formula is C11H12N4O2. The Morgan fingerprint density at radius 3 is 2.94 bits per heavy atom. The van der Waals surface area contributed by atoms with Crippen molar-refractivity contribution in [3.05, 3.63) is 40.6 Å². The molecule has 2 heterocycles. The molecule has 2 rings (SSSR count). The Bertz CT molecular complexity index is 638. The van der Waals surface area contributed by atoms with Gasteiger partial charge >= 0.3 is 5.69 Å². The van der Waals surface area contributed by atoms with E-state index in [-0.39, 0.29) is 17.3 Å². The smallest absolute Gasteiger partial charge is 0.325 e. The summed E-state index contributed by atoms with van der Waals surface area (Å²) in [5.74, 6) is -0.333. The molecule has 0 aliphatic carbocycles. The number of hydrogen-bond donors (Lipinski definition) is 3. The molecule has 0 spiro atoms. The van der Waals surface area contributed by atoms with Crippen LogP contribution in [0.4, 0.5) is 0 Å². The van der Waals surface area contributed by atoms with E-state index in [4.69, 9.17) is 0 Å². The lowest BCUT2D eigenvalue weighted by Crippen LogP contribution is -2.22. The number of nitrogens with zero attached hydrogens (tertiary/aromatic N) is 1. The topological polar surface area (TPSA) is 90.6 Å². The largest absolute Gasteiger partial charge is 0.325 e. The molecule has 0 saturated heterocycles. The quantitative estimate of drug-likeness (QED) is 0.734. The third kappa shape index (κ3) is 2.25. The molecule has 1 amide bonds. The molecule has 0 aromatic carbocycles. The summed E-state index contributed by atoms with van der Waals surface area (Å²) < 4.78 is 0. The van der Waals surface area contributed by atoms with Gasteiger partial charge in [-0.05, 0) is 18.6 Å². The van der Waals surface area contributed by atoms with Gasteiger partial charge in [0, 0.05) is 5.70 Å². The highest BCUT2D eigenvalue weighted by Crippen LogP contribution is 2.06. The maximum atomic E-state index is 11.7. The van der Waals surface area contributed by atoms with Gasteiger partial charge in [0.1, 0.15) is 5.69 Å². The molecule has 0 fully saturated rings. The molecule has 0 saturated carbocycles. The van der Waals surface area contributed by atoms with Gasteiger partial charge < -0.3 is 10.3 Å². The van der Waals surface area contributed by atoms with Gasteiger partial charge in [-0.15, -0.1) is 0 Å². The van der Waals surface area contributed by atoms with Gasteiger partial charge in [-0.1, -0.05) is 13.5 Å². The number of amides is 1. The fraction of sp³-hybridized carbons (Fsp3) is 0.182. The Morgan fingerprint density at radius 1 is 1.47 bits per heavy atom. The molecule has 0 radical (unpaired) electrons. The van der Waals surface area contributed by atoms with Crippen molar-refractivity contribution in [1.82, 2.24) is 20.3 Å². The number of H-pyrrole nitrogens is 2. The molecule has 0 unspecified atom stereocenters. The van der Waals surface area contributed by atoms with E-state index in [1.54, 1.807) is 12.1 Å². The average molecular weight is 232 g/mol. The Morgan fingerprint density at radius 2 is 2.24 bits per heavy atom. The third-order valence-corrected chi connectivity index (χ3v) is 2.33. The first kappa shape index (κ1) is 11.1. The highest BCUT2D eigenvalue weighted by atomic mass is 16.2. The fourth-order valence-corrected chi connectivity index (χ4v) is 1.36. The van der Waals surface area contributed by atoms with E-state index >= 15 is 0 Å². The monoisotopic (exact) mass is 232 g/mol. The summed E-state index contributed by atoms with van der Waals surface area (Å²) in [5.41, 5.74) is 1.45. The third-order valence-electron chi connectivity index (χ3n) is 2.33. The Balaban J connectivity index is 2.32. The predicted molar refractivity (Wildman–Crippen MR) is 63.6 cm³/mol. The molecule has 2 aromatic rings. The maximum Gasteiger partial charge on any atom is 0.325 e. The van der Waals surface area contributed by atoms with Crippen molar-refractivity contribution in [3.8, 4) is 0 Å². The zero-order valence-corrected chi connectivity index (χ0v) is 9.33. The number of pyridine rings is 1. The van der Waals surface area contributed by atoms with Crippen molar-refractivity contribution in [1.29, 1.82) is 0 Å². The summed E-state index contributed by atoms with van der Waals surface area (Å²) in [4.78, 5) is 31.8. The number of aromatic amines is 2. The second kappa shape index (κ2) is 4.25. The van der Waals surface area contributed by atoms with Crippen molar-refractivity contribution in [2.45, 2.75) is 13.3 Å². The van der Waals surface area contributed by atoms with Crippen molar-refractivity contribution < 1.29 is 4.79 Å². The van der Waals surface area contributed by atoms with Gasteiger partial charge in [-0.3, -0.25) is 9.78 Å². The van der Waals surface area contributed by atoms with Crippen LogP contribution >= 0.6 is 0 Å². The van der Waals surface area contributed by atoms with Gasteiger partial charge in [-0.2, -0.15) is 0 Å². The number of rotatable bonds is 3. The van der Waals surface area contributed by atoms with Crippen LogP contribution < -0.4 is 11.0 Å². The maximum absolute atomic E-state index is 11.7. The van der Waals surface area contributed by atoms with E-state index in [0.29, 0.717) is 23.3 Å². The van der Waals surface area contributed by atoms with Crippen LogP contribution in [0.3, 0.4) is 0 Å². The summed E-state index contributed by atoms with van der Waals surface area (Å²) >= 11 is 0. The van der Waals surface area contributed by atoms with Gasteiger partial charge in [-0.25, -0.2) is 9.78 Å². The highest BCUT2D eigenvalue weighted by Gasteiger charge is 2.09. The number of hydrogen-bond acceptors (Lipinski definition) is 3. The fourth-order valence-electron chi connectivity index (χ4n) is 1.36. The first-order valence-electron chi connectivity index (χ1n) is 5.18. The Hall–Kier alpha value is -2.37. The number of carbonyl (C=O) groups excluding carboxylic acids is 1. The lowest BCUT2D eigenvalue weighted by molar-refractivity contribution is 0.0960. The second-order valence-corrected chi connectivity index (χ2v) is 3.58. The highest BCUT2D eigenvalue weighted by molar-refractivity contribution is 5.94. The van der Waals surface area contributed by atoms with Crippen LogP contribution in [0.15, 0.2) is 29.2 Å². The van der Waals surface area contributed by atoms with Crippen LogP contribution in [-0.2, 0) is 0 Å². The summed E-state index contributed by atoms with van der Waals surface area (Å²) in [6.07, 6.45) is 0.662. The zero-order chi connectivity index (χ0) is 12.4. The van der Waals surface area contributed by atoms with E-state index in [0.717, 1.165) is 0 Å². The molecule has 3 N–H and O–H groups in total. The number of nitrogens with one attached hydrogen (secondary N) is 3. The van der Waals surface area contributed by atoms with E-state index in [2.05, 4.69) is 26.8 Å². The van der Waals surface area contributed by atoms with Crippen molar-refractivity contribution in [2.75, 3.05) is 0 Å². The van der Waals surface area contributed by atoms with E-state index < -0.39 is 0 Å². The molecule has 0 aliphatic heterocycles. The van der Waals surface area contributed by atoms with Gasteiger partial charge in [0.15, 0.2) is 5.65 Å². The Kier molecular flexibility index (Phi) is 2.78. The molecular weight excluding hydrogens is 220 g/mol. The summed E-state index contributed by atoms with van der Waals surface area (Å²) in [5, 5.41) is 2.62. The second-order valence-electron chi connectivity index (χ2n) is 3.58. The minimum Gasteiger partial charge on any atom is -0.325 e. The number of imidazole rings is 1. The molecule has 0 bridgehead atoms. The average Bonchev–Trinajstić information content (AvgIpc) is 2.67. The molecule has 2 aromatic heterocycles. The summed E-state index contributed by atoms with van der Waals surface area (Å²) in [7, 11) is 0. The van der Waals surface area contributed by atoms with Gasteiger partial charge in [0.2, 0.25) is 0 Å². The predicted octanol–water partition coefficient (Wildman–Crippen LogP) is 0.905. The van der Waals surface area contributed by atoms with E-state index in [9.17, 15) is 9.59 Å². The normalized spacial score (nSPS) is 10.4. The minimum absolute atomic E-state index is 0.238. The lowest BCUT2D eigenvalue weighted by Gasteiger charge is -2.04. The van der Waals surface area contributed by atoms with E-state index in [1.807, 2.05) is 6.92 Å². The van der Waals surface area contributed by atoms with Crippen LogP contribution in [-0.4, -0.2) is 20.9 Å². The number of carbonyl (C=O) groups is 1. The van der Waals surface area contributed by atoms with Crippen LogP contribution in [0.1, 0.15) is 23.8 Å². The standard InChI is InChI=1S/C11H12N4O2/c1-3-6(2)12-10(16)8-5-4-7-9(13-8)15-11(17)14-7/h4-5H,2-3H2,1H3,(H,12,16)(H2,13,14,15,17). The molecule has 0 aliphatic rings. The van der Waals surface area contributed by atoms with Crippen molar-refractivity contribution in [3.63, 3.8) is 0 Å². The first-order chi connectivity index (χ1) is 8.10. The van der Waals surface area contributed by atoms with Gasteiger partial charge in [0.25, 0.3) is 5.91 Å². The molecule has 88 valence electrons. The van der Waals surface area contributed by atoms with Crippen molar-refractivity contribution in [2.24, 2.45) is 0 Å². The number of allylic oxidation sites excluding steroid dienone is 1. The lowest BCUT2D eigenvalue weighted by atomic mass is 10.3. The van der Waals surface area contributed by atoms with E-state index in [1.165, 1.54) is 0 Å². The number of fused-ring (bicyclic) bond motifs is 1. The number of aromatic nitrogens is 3. The van der Waals surface area contributed by atoms with Crippen LogP contribution in [0.5, 0.6) is 0 Å². The molecule has 6 heteroatoms. The first-order valence-corrected chi connectivity index (χ1v) is 5.18. The van der Waals surface area contributed by atoms with Crippen LogP contribution in [0.25, 0.3) is 11.2 Å². The molecule has 17 heavy (non-hydrogen) atoms. The minimum atomic E-state index is -0.344. The molecule has 6 nitrogen and oxygen atoms in total. The molecule has 0 atom stereocenters. The van der Waals surface area contributed by atoms with Crippen LogP contribution in [0.2, 0.25) is 0 Å².